The van der Waals surface area contributed by atoms with Crippen LogP contribution in [0.15, 0.2) is 53.7 Å². The van der Waals surface area contributed by atoms with E-state index in [9.17, 15) is 0 Å². The predicted molar refractivity (Wildman–Crippen MR) is 120 cm³/mol. The molecule has 1 aromatic carbocycles. The lowest BCUT2D eigenvalue weighted by atomic mass is 10.1. The SMILES string of the molecule is CN=C(NCC1CCN(c2ccccc2)C1)N(C)Cc1cccn1C.I. The standard InChI is InChI=1S/C20H29N5.HI/c1-21-20(24(3)16-19-10-7-12-23(19)2)22-14-17-11-13-25(15-17)18-8-5-4-6-9-18;/h4-10,12,17H,11,13-16H2,1-3H3,(H,21,22);1H. The van der Waals surface area contributed by atoms with Crippen molar-refractivity contribution in [2.75, 3.05) is 38.6 Å². The minimum Gasteiger partial charge on any atom is -0.371 e. The highest BCUT2D eigenvalue weighted by atomic mass is 127. The van der Waals surface area contributed by atoms with Crippen LogP contribution < -0.4 is 10.2 Å². The summed E-state index contributed by atoms with van der Waals surface area (Å²) < 4.78 is 2.15. The van der Waals surface area contributed by atoms with E-state index in [1.165, 1.54) is 17.8 Å². The maximum atomic E-state index is 4.44. The van der Waals surface area contributed by atoms with Crippen molar-refractivity contribution in [3.63, 3.8) is 0 Å². The van der Waals surface area contributed by atoms with Crippen LogP contribution in [0, 0.1) is 5.92 Å². The molecule has 1 aliphatic rings. The van der Waals surface area contributed by atoms with Crippen LogP contribution in [-0.4, -0.2) is 49.2 Å². The highest BCUT2D eigenvalue weighted by molar-refractivity contribution is 14.0. The maximum absolute atomic E-state index is 4.44. The summed E-state index contributed by atoms with van der Waals surface area (Å²) >= 11 is 0. The van der Waals surface area contributed by atoms with Gasteiger partial charge in [0.1, 0.15) is 0 Å². The monoisotopic (exact) mass is 467 g/mol. The van der Waals surface area contributed by atoms with Crippen molar-refractivity contribution in [3.8, 4) is 0 Å². The Kier molecular flexibility index (Phi) is 7.81. The fourth-order valence-corrected chi connectivity index (χ4v) is 3.47. The molecule has 0 bridgehead atoms. The Hall–Kier alpha value is -1.70. The van der Waals surface area contributed by atoms with Crippen molar-refractivity contribution in [1.82, 2.24) is 14.8 Å². The lowest BCUT2D eigenvalue weighted by Crippen LogP contribution is -2.41. The Morgan fingerprint density at radius 1 is 1.23 bits per heavy atom. The number of rotatable bonds is 5. The molecule has 1 unspecified atom stereocenters. The third-order valence-corrected chi connectivity index (χ3v) is 4.98. The Bertz CT molecular complexity index is 697. The summed E-state index contributed by atoms with van der Waals surface area (Å²) in [6.45, 7) is 4.06. The van der Waals surface area contributed by atoms with Crippen LogP contribution in [0.1, 0.15) is 12.1 Å². The van der Waals surface area contributed by atoms with E-state index < -0.39 is 0 Å². The van der Waals surface area contributed by atoms with Gasteiger partial charge < -0.3 is 19.7 Å². The molecule has 1 N–H and O–H groups in total. The average Bonchev–Trinajstić information content (AvgIpc) is 3.26. The number of guanidine groups is 1. The van der Waals surface area contributed by atoms with Crippen LogP contribution in [0.2, 0.25) is 0 Å². The molecule has 0 aliphatic carbocycles. The number of hydrogen-bond acceptors (Lipinski definition) is 2. The summed E-state index contributed by atoms with van der Waals surface area (Å²) in [7, 11) is 6.03. The molecule has 0 amide bonds. The Morgan fingerprint density at radius 3 is 2.65 bits per heavy atom. The number of nitrogens with zero attached hydrogens (tertiary/aromatic N) is 4. The van der Waals surface area contributed by atoms with Crippen LogP contribution in [0.25, 0.3) is 0 Å². The Morgan fingerprint density at radius 2 is 2.00 bits per heavy atom. The van der Waals surface area contributed by atoms with Crippen molar-refractivity contribution in [1.29, 1.82) is 0 Å². The molecule has 1 atom stereocenters. The number of para-hydroxylation sites is 1. The Labute approximate surface area is 174 Å². The molecular formula is C20H30IN5. The van der Waals surface area contributed by atoms with Crippen molar-refractivity contribution >= 4 is 35.6 Å². The molecule has 26 heavy (non-hydrogen) atoms. The molecule has 5 nitrogen and oxygen atoms in total. The first kappa shape index (κ1) is 20.6. The number of hydrogen-bond donors (Lipinski definition) is 1. The predicted octanol–water partition coefficient (Wildman–Crippen LogP) is 3.18. The van der Waals surface area contributed by atoms with Crippen LogP contribution >= 0.6 is 24.0 Å². The first-order chi connectivity index (χ1) is 12.2. The van der Waals surface area contributed by atoms with Gasteiger partial charge in [-0.2, -0.15) is 0 Å². The second-order valence-electron chi connectivity index (χ2n) is 6.83. The van der Waals surface area contributed by atoms with Crippen molar-refractivity contribution in [2.45, 2.75) is 13.0 Å². The normalized spacial score (nSPS) is 17.1. The first-order valence-electron chi connectivity index (χ1n) is 8.99. The average molecular weight is 467 g/mol. The molecule has 3 rings (SSSR count). The maximum Gasteiger partial charge on any atom is 0.193 e. The minimum atomic E-state index is 0. The number of nitrogens with one attached hydrogen (secondary N) is 1. The zero-order valence-electron chi connectivity index (χ0n) is 15.9. The summed E-state index contributed by atoms with van der Waals surface area (Å²) in [6, 6.07) is 14.9. The van der Waals surface area contributed by atoms with Gasteiger partial charge in [-0.3, -0.25) is 4.99 Å². The summed E-state index contributed by atoms with van der Waals surface area (Å²) in [5.74, 6) is 1.61. The number of anilines is 1. The lowest BCUT2D eigenvalue weighted by Gasteiger charge is -2.24. The van der Waals surface area contributed by atoms with Gasteiger partial charge in [0, 0.05) is 58.4 Å². The van der Waals surface area contributed by atoms with Crippen molar-refractivity contribution in [3.05, 3.63) is 54.4 Å². The van der Waals surface area contributed by atoms with Crippen LogP contribution in [-0.2, 0) is 13.6 Å². The molecule has 6 heteroatoms. The second kappa shape index (κ2) is 9.85. The summed E-state index contributed by atoms with van der Waals surface area (Å²) in [4.78, 5) is 9.10. The van der Waals surface area contributed by atoms with E-state index in [1.54, 1.807) is 0 Å². The van der Waals surface area contributed by atoms with E-state index in [0.717, 1.165) is 32.1 Å². The molecule has 0 saturated carbocycles. The van der Waals surface area contributed by atoms with Gasteiger partial charge in [-0.1, -0.05) is 18.2 Å². The molecule has 0 spiro atoms. The summed E-state index contributed by atoms with van der Waals surface area (Å²) in [6.07, 6.45) is 3.30. The Balaban J connectivity index is 0.00000243. The van der Waals surface area contributed by atoms with Gasteiger partial charge in [0.25, 0.3) is 0 Å². The minimum absolute atomic E-state index is 0. The zero-order valence-corrected chi connectivity index (χ0v) is 18.3. The molecule has 1 fully saturated rings. The fourth-order valence-electron chi connectivity index (χ4n) is 3.47. The molecular weight excluding hydrogens is 437 g/mol. The third-order valence-electron chi connectivity index (χ3n) is 4.98. The van der Waals surface area contributed by atoms with Crippen molar-refractivity contribution < 1.29 is 0 Å². The van der Waals surface area contributed by atoms with Crippen LogP contribution in [0.3, 0.4) is 0 Å². The molecule has 142 valence electrons. The highest BCUT2D eigenvalue weighted by Gasteiger charge is 2.23. The van der Waals surface area contributed by atoms with Crippen LogP contribution in [0.4, 0.5) is 5.69 Å². The topological polar surface area (TPSA) is 35.8 Å². The molecule has 2 heterocycles. The molecule has 0 radical (unpaired) electrons. The van der Waals surface area contributed by atoms with E-state index in [-0.39, 0.29) is 24.0 Å². The van der Waals surface area contributed by atoms with E-state index >= 15 is 0 Å². The number of aliphatic imine (C=N–C) groups is 1. The van der Waals surface area contributed by atoms with Crippen molar-refractivity contribution in [2.24, 2.45) is 18.0 Å². The quantitative estimate of drug-likeness (QED) is 0.417. The largest absolute Gasteiger partial charge is 0.371 e. The molecule has 1 aromatic heterocycles. The van der Waals surface area contributed by atoms with E-state index in [2.05, 4.69) is 87.4 Å². The van der Waals surface area contributed by atoms with Gasteiger partial charge in [0.05, 0.1) is 6.54 Å². The third kappa shape index (κ3) is 5.16. The number of benzene rings is 1. The van der Waals surface area contributed by atoms with Gasteiger partial charge >= 0.3 is 0 Å². The summed E-state index contributed by atoms with van der Waals surface area (Å²) in [5, 5.41) is 3.56. The second-order valence-corrected chi connectivity index (χ2v) is 6.83. The number of aryl methyl sites for hydroxylation is 1. The summed E-state index contributed by atoms with van der Waals surface area (Å²) in [5.41, 5.74) is 2.61. The molecule has 1 aliphatic heterocycles. The van der Waals surface area contributed by atoms with Crippen LogP contribution in [0.5, 0.6) is 0 Å². The fraction of sp³-hybridized carbons (Fsp3) is 0.450. The van der Waals surface area contributed by atoms with E-state index in [0.29, 0.717) is 5.92 Å². The van der Waals surface area contributed by atoms with Gasteiger partial charge in [-0.05, 0) is 36.6 Å². The smallest absolute Gasteiger partial charge is 0.193 e. The van der Waals surface area contributed by atoms with Gasteiger partial charge in [-0.15, -0.1) is 24.0 Å². The van der Waals surface area contributed by atoms with Gasteiger partial charge in [0.2, 0.25) is 0 Å². The van der Waals surface area contributed by atoms with E-state index in [4.69, 9.17) is 0 Å². The van der Waals surface area contributed by atoms with E-state index in [1.807, 2.05) is 7.05 Å². The number of halogens is 1. The van der Waals surface area contributed by atoms with Gasteiger partial charge in [0.15, 0.2) is 5.96 Å². The zero-order chi connectivity index (χ0) is 17.6. The first-order valence-corrected chi connectivity index (χ1v) is 8.99. The molecule has 1 saturated heterocycles. The number of aromatic nitrogens is 1. The lowest BCUT2D eigenvalue weighted by molar-refractivity contribution is 0.450. The van der Waals surface area contributed by atoms with Gasteiger partial charge in [-0.25, -0.2) is 0 Å². The highest BCUT2D eigenvalue weighted by Crippen LogP contribution is 2.22. The molecule has 2 aromatic rings.